The first-order valence-corrected chi connectivity index (χ1v) is 4.74. The molecule has 2 atom stereocenters. The molecule has 0 aromatic carbocycles. The molecule has 0 unspecified atom stereocenters. The van der Waals surface area contributed by atoms with Gasteiger partial charge in [0.15, 0.2) is 0 Å². The molecule has 0 bridgehead atoms. The molecule has 13 heavy (non-hydrogen) atoms. The highest BCUT2D eigenvalue weighted by molar-refractivity contribution is 5.31. The molecule has 70 valence electrons. The third-order valence-electron chi connectivity index (χ3n) is 3.10. The van der Waals surface area contributed by atoms with E-state index in [0.29, 0.717) is 11.8 Å². The third kappa shape index (κ3) is 1.39. The fraction of sp³-hybridized carbons (Fsp3) is 0.600. The van der Waals surface area contributed by atoms with Crippen molar-refractivity contribution >= 4 is 0 Å². The van der Waals surface area contributed by atoms with Gasteiger partial charge >= 0.3 is 0 Å². The predicted molar refractivity (Wildman–Crippen MR) is 49.7 cm³/mol. The van der Waals surface area contributed by atoms with E-state index in [9.17, 15) is 10.1 Å². The Kier molecular flexibility index (Phi) is 1.94. The van der Waals surface area contributed by atoms with E-state index in [1.807, 2.05) is 0 Å². The van der Waals surface area contributed by atoms with E-state index >= 15 is 0 Å². The molecule has 2 rings (SSSR count). The number of nitro groups is 1. The van der Waals surface area contributed by atoms with Crippen molar-refractivity contribution in [1.82, 2.24) is 0 Å². The quantitative estimate of drug-likeness (QED) is 0.371. The highest BCUT2D eigenvalue weighted by atomic mass is 16.6. The third-order valence-corrected chi connectivity index (χ3v) is 3.10. The summed E-state index contributed by atoms with van der Waals surface area (Å²) in [5.74, 6) is 1.08. The number of allylic oxidation sites excluding steroid dienone is 3. The summed E-state index contributed by atoms with van der Waals surface area (Å²) in [6, 6.07) is 0. The Morgan fingerprint density at radius 3 is 3.08 bits per heavy atom. The maximum atomic E-state index is 10.3. The maximum absolute atomic E-state index is 10.3. The Labute approximate surface area is 77.3 Å². The van der Waals surface area contributed by atoms with Gasteiger partial charge in [-0.3, -0.25) is 10.1 Å². The molecular weight excluding hydrogens is 166 g/mol. The molecule has 0 amide bonds. The van der Waals surface area contributed by atoms with Gasteiger partial charge in [0.05, 0.1) is 4.92 Å². The summed E-state index contributed by atoms with van der Waals surface area (Å²) >= 11 is 0. The highest BCUT2D eigenvalue weighted by Gasteiger charge is 2.40. The second-order valence-corrected chi connectivity index (χ2v) is 3.86. The molecule has 0 radical (unpaired) electrons. The summed E-state index contributed by atoms with van der Waals surface area (Å²) in [5.41, 5.74) is 2.49. The minimum Gasteiger partial charge on any atom is -0.259 e. The van der Waals surface area contributed by atoms with Crippen LogP contribution < -0.4 is 0 Å². The Morgan fingerprint density at radius 2 is 2.46 bits per heavy atom. The first-order valence-electron chi connectivity index (χ1n) is 4.74. The molecule has 0 aromatic heterocycles. The summed E-state index contributed by atoms with van der Waals surface area (Å²) in [5, 5.41) is 10.3. The van der Waals surface area contributed by atoms with Crippen molar-refractivity contribution < 1.29 is 4.92 Å². The van der Waals surface area contributed by atoms with Gasteiger partial charge in [0, 0.05) is 11.5 Å². The summed E-state index contributed by atoms with van der Waals surface area (Å²) in [4.78, 5) is 9.92. The van der Waals surface area contributed by atoms with Gasteiger partial charge in [-0.1, -0.05) is 18.6 Å². The van der Waals surface area contributed by atoms with Crippen LogP contribution in [0.5, 0.6) is 0 Å². The van der Waals surface area contributed by atoms with E-state index < -0.39 is 0 Å². The first-order chi connectivity index (χ1) is 6.20. The number of rotatable bonds is 2. The number of fused-ring (bicyclic) bond motifs is 1. The first kappa shape index (κ1) is 8.48. The number of hydrogen-bond acceptors (Lipinski definition) is 2. The van der Waals surface area contributed by atoms with Gasteiger partial charge in [-0.05, 0) is 25.2 Å². The molecule has 1 fully saturated rings. The molecule has 3 heteroatoms. The monoisotopic (exact) mass is 179 g/mol. The van der Waals surface area contributed by atoms with E-state index in [4.69, 9.17) is 0 Å². The number of hydrogen-bond donors (Lipinski definition) is 0. The van der Waals surface area contributed by atoms with Gasteiger partial charge in [0.25, 0.3) is 0 Å². The summed E-state index contributed by atoms with van der Waals surface area (Å²) < 4.78 is 0. The van der Waals surface area contributed by atoms with Crippen molar-refractivity contribution in [2.24, 2.45) is 11.8 Å². The van der Waals surface area contributed by atoms with Crippen LogP contribution in [0.3, 0.4) is 0 Å². The lowest BCUT2D eigenvalue weighted by molar-refractivity contribution is -0.404. The van der Waals surface area contributed by atoms with Gasteiger partial charge in [-0.2, -0.15) is 0 Å². The zero-order valence-electron chi connectivity index (χ0n) is 7.69. The SMILES string of the molecule is CCC1=C[C@H]2/C(=C/[N+](=O)[O-])C[C@H]2C1. The Morgan fingerprint density at radius 1 is 1.69 bits per heavy atom. The van der Waals surface area contributed by atoms with Crippen LogP contribution in [0.4, 0.5) is 0 Å². The van der Waals surface area contributed by atoms with Crippen LogP contribution in [0.1, 0.15) is 26.2 Å². The van der Waals surface area contributed by atoms with Gasteiger partial charge in [0.2, 0.25) is 6.20 Å². The summed E-state index contributed by atoms with van der Waals surface area (Å²) in [7, 11) is 0. The minimum atomic E-state index is -0.330. The molecule has 0 N–H and O–H groups in total. The molecular formula is C10H13NO2. The van der Waals surface area contributed by atoms with Crippen LogP contribution in [0.15, 0.2) is 23.4 Å². The predicted octanol–water partition coefficient (Wildman–Crippen LogP) is 2.52. The number of nitrogens with zero attached hydrogens (tertiary/aromatic N) is 1. The normalized spacial score (nSPS) is 33.9. The lowest BCUT2D eigenvalue weighted by Gasteiger charge is -2.31. The Balaban J connectivity index is 2.09. The summed E-state index contributed by atoms with van der Waals surface area (Å²) in [6.45, 7) is 2.15. The van der Waals surface area contributed by atoms with E-state index in [2.05, 4.69) is 13.0 Å². The molecule has 0 aromatic rings. The lowest BCUT2D eigenvalue weighted by Crippen LogP contribution is -2.24. The van der Waals surface area contributed by atoms with E-state index in [1.54, 1.807) is 0 Å². The smallest absolute Gasteiger partial charge is 0.234 e. The van der Waals surface area contributed by atoms with Crippen molar-refractivity contribution in [3.05, 3.63) is 33.5 Å². The Bertz CT molecular complexity index is 304. The molecule has 0 heterocycles. The standard InChI is InChI=1S/C10H13NO2/c1-2-7-3-8-5-9(6-11(12)13)10(8)4-7/h4,6,8,10H,2-3,5H2,1H3/b9-6+/t8-,10-/m1/s1. The van der Waals surface area contributed by atoms with Gasteiger partial charge in [-0.25, -0.2) is 0 Å². The van der Waals surface area contributed by atoms with Crippen LogP contribution >= 0.6 is 0 Å². The van der Waals surface area contributed by atoms with Gasteiger partial charge in [-0.15, -0.1) is 0 Å². The van der Waals surface area contributed by atoms with Crippen molar-refractivity contribution in [2.45, 2.75) is 26.2 Å². The Hall–Kier alpha value is -1.12. The molecule has 1 saturated carbocycles. The average Bonchev–Trinajstić information content (AvgIpc) is 2.38. The molecule has 0 spiro atoms. The lowest BCUT2D eigenvalue weighted by atomic mass is 9.72. The fourth-order valence-corrected chi connectivity index (χ4v) is 2.35. The van der Waals surface area contributed by atoms with Gasteiger partial charge in [0.1, 0.15) is 0 Å². The van der Waals surface area contributed by atoms with Crippen LogP contribution in [0.25, 0.3) is 0 Å². The fourth-order valence-electron chi connectivity index (χ4n) is 2.35. The second-order valence-electron chi connectivity index (χ2n) is 3.86. The maximum Gasteiger partial charge on any atom is 0.234 e. The van der Waals surface area contributed by atoms with Crippen LogP contribution in [0, 0.1) is 22.0 Å². The zero-order chi connectivity index (χ0) is 9.42. The molecule has 2 aliphatic rings. The van der Waals surface area contributed by atoms with Crippen LogP contribution in [0.2, 0.25) is 0 Å². The molecule has 0 aliphatic heterocycles. The molecule has 0 saturated heterocycles. The zero-order valence-corrected chi connectivity index (χ0v) is 7.69. The van der Waals surface area contributed by atoms with Gasteiger partial charge < -0.3 is 0 Å². The largest absolute Gasteiger partial charge is 0.259 e. The van der Waals surface area contributed by atoms with Crippen molar-refractivity contribution in [3.63, 3.8) is 0 Å². The second kappa shape index (κ2) is 2.98. The van der Waals surface area contributed by atoms with Crippen LogP contribution in [-0.4, -0.2) is 4.92 Å². The van der Waals surface area contributed by atoms with Crippen molar-refractivity contribution in [2.75, 3.05) is 0 Å². The van der Waals surface area contributed by atoms with E-state index in [0.717, 1.165) is 24.8 Å². The van der Waals surface area contributed by atoms with Crippen molar-refractivity contribution in [3.8, 4) is 0 Å². The minimum absolute atomic E-state index is 0.330. The molecule has 3 nitrogen and oxygen atoms in total. The van der Waals surface area contributed by atoms with Crippen LogP contribution in [-0.2, 0) is 0 Å². The summed E-state index contributed by atoms with van der Waals surface area (Å²) in [6.07, 6.45) is 6.61. The topological polar surface area (TPSA) is 43.1 Å². The average molecular weight is 179 g/mol. The van der Waals surface area contributed by atoms with E-state index in [-0.39, 0.29) is 4.92 Å². The molecule has 2 aliphatic carbocycles. The van der Waals surface area contributed by atoms with E-state index in [1.165, 1.54) is 11.8 Å². The highest BCUT2D eigenvalue weighted by Crippen LogP contribution is 2.49. The van der Waals surface area contributed by atoms with Crippen molar-refractivity contribution in [1.29, 1.82) is 0 Å².